The standard InChI is InChI=1S/C14H20N2O3/c15-13(10-17)8-4-5-9-16-14(18)19-11-12-6-2-1-3-7-12/h1-3,6-7,10,13H,4-5,8-9,11,15H2,(H,16,18)/t13-/m1/s1. The van der Waals surface area contributed by atoms with E-state index in [1.165, 1.54) is 0 Å². The van der Waals surface area contributed by atoms with Gasteiger partial charge in [0.25, 0.3) is 0 Å². The number of nitrogens with one attached hydrogen (secondary N) is 1. The van der Waals surface area contributed by atoms with Crippen LogP contribution in [0.4, 0.5) is 4.79 Å². The number of alkyl carbamates (subject to hydrolysis) is 1. The summed E-state index contributed by atoms with van der Waals surface area (Å²) < 4.78 is 5.05. The Kier molecular flexibility index (Phi) is 7.27. The number of unbranched alkanes of at least 4 members (excludes halogenated alkanes) is 1. The molecule has 0 spiro atoms. The molecule has 0 aliphatic heterocycles. The highest BCUT2D eigenvalue weighted by atomic mass is 16.5. The van der Waals surface area contributed by atoms with Crippen LogP contribution in [0, 0.1) is 0 Å². The highest BCUT2D eigenvalue weighted by Gasteiger charge is 2.02. The van der Waals surface area contributed by atoms with Crippen LogP contribution in [0.25, 0.3) is 0 Å². The molecule has 1 amide bonds. The van der Waals surface area contributed by atoms with Gasteiger partial charge in [0.2, 0.25) is 0 Å². The lowest BCUT2D eigenvalue weighted by Gasteiger charge is -2.07. The van der Waals surface area contributed by atoms with Gasteiger partial charge < -0.3 is 20.6 Å². The molecule has 19 heavy (non-hydrogen) atoms. The maximum Gasteiger partial charge on any atom is 0.407 e. The van der Waals surface area contributed by atoms with Crippen LogP contribution in [0.5, 0.6) is 0 Å². The largest absolute Gasteiger partial charge is 0.445 e. The van der Waals surface area contributed by atoms with E-state index in [9.17, 15) is 9.59 Å². The quantitative estimate of drug-likeness (QED) is 0.552. The van der Waals surface area contributed by atoms with E-state index in [0.717, 1.165) is 24.7 Å². The molecular weight excluding hydrogens is 244 g/mol. The van der Waals surface area contributed by atoms with Gasteiger partial charge in [-0.25, -0.2) is 4.79 Å². The summed E-state index contributed by atoms with van der Waals surface area (Å²) in [5, 5.41) is 2.65. The molecule has 0 fully saturated rings. The van der Waals surface area contributed by atoms with Crippen LogP contribution in [0.15, 0.2) is 30.3 Å². The zero-order valence-electron chi connectivity index (χ0n) is 10.9. The van der Waals surface area contributed by atoms with Crippen LogP contribution in [0.2, 0.25) is 0 Å². The van der Waals surface area contributed by atoms with Gasteiger partial charge in [-0.1, -0.05) is 30.3 Å². The van der Waals surface area contributed by atoms with Gasteiger partial charge in [-0.3, -0.25) is 0 Å². The first-order chi connectivity index (χ1) is 9.22. The third-order valence-electron chi connectivity index (χ3n) is 2.62. The van der Waals surface area contributed by atoms with Crippen molar-refractivity contribution in [3.8, 4) is 0 Å². The second-order valence-electron chi connectivity index (χ2n) is 4.28. The van der Waals surface area contributed by atoms with E-state index >= 15 is 0 Å². The van der Waals surface area contributed by atoms with Crippen molar-refractivity contribution in [3.05, 3.63) is 35.9 Å². The Morgan fingerprint density at radius 3 is 2.74 bits per heavy atom. The Bertz CT molecular complexity index is 382. The van der Waals surface area contributed by atoms with Gasteiger partial charge in [0.1, 0.15) is 12.9 Å². The maximum atomic E-state index is 11.4. The normalized spacial score (nSPS) is 11.6. The number of ether oxygens (including phenoxy) is 1. The summed E-state index contributed by atoms with van der Waals surface area (Å²) in [6.07, 6.45) is 2.54. The number of nitrogens with two attached hydrogens (primary N) is 1. The molecule has 5 nitrogen and oxygen atoms in total. The molecule has 0 aliphatic rings. The second kappa shape index (κ2) is 9.10. The van der Waals surface area contributed by atoms with E-state index in [4.69, 9.17) is 10.5 Å². The van der Waals surface area contributed by atoms with Crippen LogP contribution in [0.3, 0.4) is 0 Å². The third-order valence-corrected chi connectivity index (χ3v) is 2.62. The molecule has 0 unspecified atom stereocenters. The number of rotatable bonds is 8. The number of aldehydes is 1. The Morgan fingerprint density at radius 1 is 1.32 bits per heavy atom. The number of hydrogen-bond donors (Lipinski definition) is 2. The highest BCUT2D eigenvalue weighted by molar-refractivity contribution is 5.67. The average molecular weight is 264 g/mol. The Morgan fingerprint density at radius 2 is 2.05 bits per heavy atom. The first kappa shape index (κ1) is 15.2. The summed E-state index contributed by atoms with van der Waals surface area (Å²) in [6.45, 7) is 0.794. The van der Waals surface area contributed by atoms with Gasteiger partial charge in [-0.05, 0) is 24.8 Å². The van der Waals surface area contributed by atoms with Crippen molar-refractivity contribution < 1.29 is 14.3 Å². The van der Waals surface area contributed by atoms with Gasteiger partial charge in [0.15, 0.2) is 0 Å². The SMILES string of the molecule is N[C@@H](C=O)CCCCNC(=O)OCc1ccccc1. The minimum Gasteiger partial charge on any atom is -0.445 e. The highest BCUT2D eigenvalue weighted by Crippen LogP contribution is 2.01. The number of carbonyl (C=O) groups is 2. The van der Waals surface area contributed by atoms with Crippen LogP contribution in [-0.2, 0) is 16.1 Å². The Balaban J connectivity index is 2.04. The van der Waals surface area contributed by atoms with Crippen LogP contribution in [-0.4, -0.2) is 25.0 Å². The van der Waals surface area contributed by atoms with Crippen LogP contribution >= 0.6 is 0 Å². The lowest BCUT2D eigenvalue weighted by atomic mass is 10.1. The van der Waals surface area contributed by atoms with Crippen molar-refractivity contribution >= 4 is 12.4 Å². The average Bonchev–Trinajstić information content (AvgIpc) is 2.45. The van der Waals surface area contributed by atoms with Crippen molar-refractivity contribution in [1.82, 2.24) is 5.32 Å². The van der Waals surface area contributed by atoms with Gasteiger partial charge in [0.05, 0.1) is 6.04 Å². The van der Waals surface area contributed by atoms with E-state index < -0.39 is 12.1 Å². The fraction of sp³-hybridized carbons (Fsp3) is 0.429. The monoisotopic (exact) mass is 264 g/mol. The summed E-state index contributed by atoms with van der Waals surface area (Å²) in [7, 11) is 0. The fourth-order valence-electron chi connectivity index (χ4n) is 1.54. The van der Waals surface area contributed by atoms with Gasteiger partial charge in [-0.15, -0.1) is 0 Å². The number of benzene rings is 1. The van der Waals surface area contributed by atoms with Crippen molar-refractivity contribution in [2.75, 3.05) is 6.54 Å². The lowest BCUT2D eigenvalue weighted by Crippen LogP contribution is -2.26. The first-order valence-electron chi connectivity index (χ1n) is 6.38. The topological polar surface area (TPSA) is 81.4 Å². The second-order valence-corrected chi connectivity index (χ2v) is 4.28. The van der Waals surface area contributed by atoms with Crippen molar-refractivity contribution in [1.29, 1.82) is 0 Å². The van der Waals surface area contributed by atoms with E-state index in [1.54, 1.807) is 0 Å². The smallest absolute Gasteiger partial charge is 0.407 e. The minimum atomic E-state index is -0.427. The maximum absolute atomic E-state index is 11.4. The summed E-state index contributed by atoms with van der Waals surface area (Å²) in [5.41, 5.74) is 6.40. The molecule has 0 heterocycles. The molecule has 0 radical (unpaired) electrons. The first-order valence-corrected chi connectivity index (χ1v) is 6.38. The zero-order chi connectivity index (χ0) is 13.9. The summed E-state index contributed by atoms with van der Waals surface area (Å²) in [4.78, 5) is 21.6. The number of amides is 1. The summed E-state index contributed by atoms with van der Waals surface area (Å²) in [5.74, 6) is 0. The zero-order valence-corrected chi connectivity index (χ0v) is 10.9. The predicted molar refractivity (Wildman–Crippen MR) is 72.5 cm³/mol. The van der Waals surface area contributed by atoms with Crippen molar-refractivity contribution in [2.45, 2.75) is 31.9 Å². The van der Waals surface area contributed by atoms with E-state index in [-0.39, 0.29) is 6.61 Å². The molecule has 3 N–H and O–H groups in total. The van der Waals surface area contributed by atoms with Gasteiger partial charge >= 0.3 is 6.09 Å². The molecule has 0 saturated heterocycles. The van der Waals surface area contributed by atoms with E-state index in [0.29, 0.717) is 13.0 Å². The minimum absolute atomic E-state index is 0.267. The molecule has 0 aromatic heterocycles. The van der Waals surface area contributed by atoms with E-state index in [1.807, 2.05) is 30.3 Å². The fourth-order valence-corrected chi connectivity index (χ4v) is 1.54. The van der Waals surface area contributed by atoms with Gasteiger partial charge in [-0.2, -0.15) is 0 Å². The third kappa shape index (κ3) is 7.21. The summed E-state index contributed by atoms with van der Waals surface area (Å²) in [6, 6.07) is 9.10. The molecule has 1 atom stereocenters. The Labute approximate surface area is 113 Å². The van der Waals surface area contributed by atoms with E-state index in [2.05, 4.69) is 5.32 Å². The predicted octanol–water partition coefficient (Wildman–Crippen LogP) is 1.61. The molecule has 0 aliphatic carbocycles. The molecule has 0 saturated carbocycles. The molecule has 5 heteroatoms. The molecule has 104 valence electrons. The lowest BCUT2D eigenvalue weighted by molar-refractivity contribution is -0.109. The van der Waals surface area contributed by atoms with Crippen molar-refractivity contribution in [3.63, 3.8) is 0 Å². The van der Waals surface area contributed by atoms with Crippen molar-refractivity contribution in [2.24, 2.45) is 5.73 Å². The molecule has 0 bridgehead atoms. The Hall–Kier alpha value is -1.88. The number of carbonyl (C=O) groups excluding carboxylic acids is 2. The molecule has 1 aromatic rings. The molecule has 1 rings (SSSR count). The van der Waals surface area contributed by atoms with Crippen LogP contribution < -0.4 is 11.1 Å². The molecular formula is C14H20N2O3. The van der Waals surface area contributed by atoms with Crippen LogP contribution in [0.1, 0.15) is 24.8 Å². The van der Waals surface area contributed by atoms with Gasteiger partial charge in [0, 0.05) is 6.54 Å². The summed E-state index contributed by atoms with van der Waals surface area (Å²) >= 11 is 0. The number of hydrogen-bond acceptors (Lipinski definition) is 4. The molecule has 1 aromatic carbocycles.